The van der Waals surface area contributed by atoms with Gasteiger partial charge >= 0.3 is 5.97 Å². The monoisotopic (exact) mass is 408 g/mol. The molecule has 154 valence electrons. The molecule has 1 aliphatic carbocycles. The van der Waals surface area contributed by atoms with Crippen LogP contribution in [0.25, 0.3) is 0 Å². The molecule has 1 saturated heterocycles. The molecule has 0 unspecified atom stereocenters. The first-order valence-corrected chi connectivity index (χ1v) is 11.2. The Bertz CT molecular complexity index is 827. The maximum atomic E-state index is 12.9. The number of amides is 1. The molecule has 28 heavy (non-hydrogen) atoms. The minimum atomic E-state index is -3.55. The van der Waals surface area contributed by atoms with Crippen LogP contribution in [0.3, 0.4) is 0 Å². The summed E-state index contributed by atoms with van der Waals surface area (Å²) in [4.78, 5) is 23.8. The van der Waals surface area contributed by atoms with Crippen LogP contribution < -0.4 is 5.32 Å². The van der Waals surface area contributed by atoms with Crippen molar-refractivity contribution in [1.82, 2.24) is 4.31 Å². The average molecular weight is 409 g/mol. The first-order chi connectivity index (χ1) is 13.2. The van der Waals surface area contributed by atoms with Crippen LogP contribution in [0.15, 0.2) is 29.2 Å². The molecule has 0 bridgehead atoms. The van der Waals surface area contributed by atoms with Crippen molar-refractivity contribution in [2.45, 2.75) is 38.5 Å². The van der Waals surface area contributed by atoms with Crippen molar-refractivity contribution < 1.29 is 22.7 Å². The van der Waals surface area contributed by atoms with E-state index < -0.39 is 15.9 Å². The molecule has 1 aromatic rings. The highest BCUT2D eigenvalue weighted by Gasteiger charge is 2.40. The molecule has 4 atom stereocenters. The van der Waals surface area contributed by atoms with Crippen LogP contribution in [-0.4, -0.2) is 44.3 Å². The molecular weight excluding hydrogens is 380 g/mol. The van der Waals surface area contributed by atoms with Crippen molar-refractivity contribution in [2.75, 3.05) is 25.0 Å². The largest absolute Gasteiger partial charge is 0.455 e. The number of esters is 1. The van der Waals surface area contributed by atoms with Crippen molar-refractivity contribution in [1.29, 1.82) is 0 Å². The second-order valence-electron chi connectivity index (χ2n) is 8.27. The number of nitrogens with one attached hydrogen (secondary N) is 1. The van der Waals surface area contributed by atoms with E-state index in [9.17, 15) is 18.0 Å². The molecule has 0 spiro atoms. The van der Waals surface area contributed by atoms with Gasteiger partial charge in [0.2, 0.25) is 10.0 Å². The molecule has 1 aliphatic heterocycles. The summed E-state index contributed by atoms with van der Waals surface area (Å²) in [7, 11) is -3.55. The quantitative estimate of drug-likeness (QED) is 0.730. The van der Waals surface area contributed by atoms with Gasteiger partial charge in [-0.3, -0.25) is 9.59 Å². The van der Waals surface area contributed by atoms with E-state index in [1.807, 2.05) is 6.92 Å². The van der Waals surface area contributed by atoms with Crippen molar-refractivity contribution >= 4 is 27.6 Å². The van der Waals surface area contributed by atoms with Gasteiger partial charge in [-0.2, -0.15) is 4.31 Å². The average Bonchev–Trinajstić information content (AvgIpc) is 3.36. The number of hydrogen-bond donors (Lipinski definition) is 1. The van der Waals surface area contributed by atoms with Crippen molar-refractivity contribution in [3.63, 3.8) is 0 Å². The third-order valence-corrected chi connectivity index (χ3v) is 7.21. The number of anilines is 1. The van der Waals surface area contributed by atoms with Crippen LogP contribution in [0.5, 0.6) is 0 Å². The lowest BCUT2D eigenvalue weighted by molar-refractivity contribution is -0.148. The van der Waals surface area contributed by atoms with Crippen LogP contribution in [-0.2, 0) is 24.3 Å². The number of sulfonamides is 1. The number of carbonyl (C=O) groups excluding carboxylic acids is 2. The first-order valence-electron chi connectivity index (χ1n) is 9.73. The van der Waals surface area contributed by atoms with E-state index in [4.69, 9.17) is 4.74 Å². The summed E-state index contributed by atoms with van der Waals surface area (Å²) in [5.74, 6) is 0.121. The smallest absolute Gasteiger partial charge is 0.309 e. The van der Waals surface area contributed by atoms with Crippen LogP contribution in [0.1, 0.15) is 33.6 Å². The molecule has 1 heterocycles. The maximum Gasteiger partial charge on any atom is 0.309 e. The number of piperidine rings is 1. The van der Waals surface area contributed by atoms with Gasteiger partial charge in [0.05, 0.1) is 10.8 Å². The predicted octanol–water partition coefficient (Wildman–Crippen LogP) is 2.49. The van der Waals surface area contributed by atoms with Crippen LogP contribution in [0.4, 0.5) is 5.69 Å². The van der Waals surface area contributed by atoms with Crippen LogP contribution in [0.2, 0.25) is 0 Å². The fraction of sp³-hybridized carbons (Fsp3) is 0.600. The molecule has 0 radical (unpaired) electrons. The molecule has 0 aromatic heterocycles. The van der Waals surface area contributed by atoms with Gasteiger partial charge in [0.15, 0.2) is 6.61 Å². The minimum Gasteiger partial charge on any atom is -0.455 e. The molecule has 1 aromatic carbocycles. The van der Waals surface area contributed by atoms with E-state index in [1.54, 1.807) is 12.1 Å². The number of nitrogens with zero attached hydrogens (tertiary/aromatic N) is 1. The van der Waals surface area contributed by atoms with Gasteiger partial charge in [0.1, 0.15) is 0 Å². The number of rotatable bonds is 6. The third-order valence-electron chi connectivity index (χ3n) is 5.37. The lowest BCUT2D eigenvalue weighted by atomic mass is 9.94. The standard InChI is InChI=1S/C20H28N2O5S/c1-13-8-14(2)11-22(10-13)28(25,26)17-6-4-16(5-7-17)21-19(23)12-27-20(24)18-9-15(18)3/h4-7,13-15,18H,8-12H2,1-3H3,(H,21,23)/t13-,14+,15-,18+/m0/s1. The zero-order valence-electron chi connectivity index (χ0n) is 16.6. The normalized spacial score (nSPS) is 27.8. The van der Waals surface area contributed by atoms with E-state index in [0.717, 1.165) is 12.8 Å². The lowest BCUT2D eigenvalue weighted by Crippen LogP contribution is -2.42. The Morgan fingerprint density at radius 2 is 1.64 bits per heavy atom. The summed E-state index contributed by atoms with van der Waals surface area (Å²) >= 11 is 0. The van der Waals surface area contributed by atoms with Crippen molar-refractivity contribution in [3.8, 4) is 0 Å². The molecule has 1 N–H and O–H groups in total. The van der Waals surface area contributed by atoms with Gasteiger partial charge < -0.3 is 10.1 Å². The summed E-state index contributed by atoms with van der Waals surface area (Å²) < 4.78 is 32.3. The fourth-order valence-corrected chi connectivity index (χ4v) is 5.43. The summed E-state index contributed by atoms with van der Waals surface area (Å²) in [6.07, 6.45) is 1.84. The first kappa shape index (κ1) is 20.8. The number of carbonyl (C=O) groups is 2. The highest BCUT2D eigenvalue weighted by molar-refractivity contribution is 7.89. The fourth-order valence-electron chi connectivity index (χ4n) is 3.75. The molecule has 1 saturated carbocycles. The van der Waals surface area contributed by atoms with E-state index in [0.29, 0.717) is 36.5 Å². The molecule has 1 amide bonds. The maximum absolute atomic E-state index is 12.9. The minimum absolute atomic E-state index is 0.0856. The lowest BCUT2D eigenvalue weighted by Gasteiger charge is -2.34. The highest BCUT2D eigenvalue weighted by atomic mass is 32.2. The molecular formula is C20H28N2O5S. The van der Waals surface area contributed by atoms with E-state index >= 15 is 0 Å². The Hall–Kier alpha value is -1.93. The second-order valence-corrected chi connectivity index (χ2v) is 10.2. The molecule has 7 nitrogen and oxygen atoms in total. The third kappa shape index (κ3) is 4.91. The Labute approximate surface area is 166 Å². The van der Waals surface area contributed by atoms with Gasteiger partial charge in [0.25, 0.3) is 5.91 Å². The Morgan fingerprint density at radius 3 is 2.18 bits per heavy atom. The zero-order valence-corrected chi connectivity index (χ0v) is 17.4. The van der Waals surface area contributed by atoms with Gasteiger partial charge in [-0.15, -0.1) is 0 Å². The molecule has 2 fully saturated rings. The predicted molar refractivity (Wildman–Crippen MR) is 105 cm³/mol. The van der Waals surface area contributed by atoms with Crippen LogP contribution in [0, 0.1) is 23.7 Å². The SMILES string of the molecule is C[C@@H]1C[C@H](C)CN(S(=O)(=O)c2ccc(NC(=O)COC(=O)[C@@H]3C[C@@H]3C)cc2)C1. The van der Waals surface area contributed by atoms with E-state index in [1.165, 1.54) is 16.4 Å². The summed E-state index contributed by atoms with van der Waals surface area (Å²) in [6, 6.07) is 6.08. The van der Waals surface area contributed by atoms with Crippen molar-refractivity contribution in [3.05, 3.63) is 24.3 Å². The Balaban J connectivity index is 1.56. The van der Waals surface area contributed by atoms with Gasteiger partial charge in [0, 0.05) is 18.8 Å². The van der Waals surface area contributed by atoms with E-state index in [-0.39, 0.29) is 23.4 Å². The second kappa shape index (κ2) is 8.21. The number of hydrogen-bond acceptors (Lipinski definition) is 5. The summed E-state index contributed by atoms with van der Waals surface area (Å²) in [6.45, 7) is 6.80. The highest BCUT2D eigenvalue weighted by Crippen LogP contribution is 2.38. The van der Waals surface area contributed by atoms with Crippen molar-refractivity contribution in [2.24, 2.45) is 23.7 Å². The zero-order chi connectivity index (χ0) is 20.5. The van der Waals surface area contributed by atoms with Gasteiger partial charge in [-0.05, 0) is 54.9 Å². The molecule has 2 aliphatic rings. The Morgan fingerprint density at radius 1 is 1.07 bits per heavy atom. The summed E-state index contributed by atoms with van der Waals surface area (Å²) in [5.41, 5.74) is 0.458. The number of ether oxygens (including phenoxy) is 1. The molecule has 3 rings (SSSR count). The van der Waals surface area contributed by atoms with Gasteiger partial charge in [-0.1, -0.05) is 20.8 Å². The molecule has 8 heteroatoms. The topological polar surface area (TPSA) is 92.8 Å². The van der Waals surface area contributed by atoms with Gasteiger partial charge in [-0.25, -0.2) is 8.42 Å². The summed E-state index contributed by atoms with van der Waals surface area (Å²) in [5, 5.41) is 2.62. The Kier molecular flexibility index (Phi) is 6.09. The van der Waals surface area contributed by atoms with E-state index in [2.05, 4.69) is 19.2 Å². The van der Waals surface area contributed by atoms with Crippen LogP contribution >= 0.6 is 0 Å². The number of benzene rings is 1.